The fourth-order valence-electron chi connectivity index (χ4n) is 3.86. The van der Waals surface area contributed by atoms with Crippen LogP contribution in [0.4, 0.5) is 14.6 Å². The van der Waals surface area contributed by atoms with Crippen LogP contribution in [0.25, 0.3) is 0 Å². The van der Waals surface area contributed by atoms with Crippen molar-refractivity contribution in [2.45, 2.75) is 91.5 Å². The molecule has 0 unspecified atom stereocenters. The quantitative estimate of drug-likeness (QED) is 0.122. The molecule has 1 saturated heterocycles. The van der Waals surface area contributed by atoms with Crippen LogP contribution in [-0.4, -0.2) is 47.8 Å². The number of aromatic nitrogens is 2. The maximum atomic E-state index is 13.7. The number of aliphatic hydroxyl groups excluding tert-OH is 1. The Balaban J connectivity index is 0.000000603. The minimum atomic E-state index is -3.26. The highest BCUT2D eigenvalue weighted by Gasteiger charge is 2.30. The number of aryl methyl sites for hydroxylation is 1. The van der Waals surface area contributed by atoms with Gasteiger partial charge in [0.1, 0.15) is 12.4 Å². The second-order valence-corrected chi connectivity index (χ2v) is 10.3. The third-order valence-electron chi connectivity index (χ3n) is 6.23. The van der Waals surface area contributed by atoms with Crippen molar-refractivity contribution in [1.82, 2.24) is 15.3 Å². The zero-order chi connectivity index (χ0) is 29.8. The first-order valence-corrected chi connectivity index (χ1v) is 14.7. The predicted octanol–water partition coefficient (Wildman–Crippen LogP) is 6.70. The van der Waals surface area contributed by atoms with Gasteiger partial charge in [0.25, 0.3) is 5.92 Å². The Kier molecular flexibility index (Phi) is 18.3. The first-order chi connectivity index (χ1) is 19.2. The van der Waals surface area contributed by atoms with Gasteiger partial charge >= 0.3 is 0 Å². The number of hydrogen-bond donors (Lipinski definition) is 3. The molecule has 10 heteroatoms. The maximum absolute atomic E-state index is 13.7. The van der Waals surface area contributed by atoms with Crippen molar-refractivity contribution in [3.05, 3.63) is 51.9 Å². The first-order valence-electron chi connectivity index (χ1n) is 14.3. The largest absolute Gasteiger partial charge is 0.390 e. The Hall–Kier alpha value is -2.36. The lowest BCUT2D eigenvalue weighted by molar-refractivity contribution is -0.109. The number of nitrogens with one attached hydrogen (secondary N) is 2. The number of alkyl halides is 2. The van der Waals surface area contributed by atoms with Gasteiger partial charge < -0.3 is 20.5 Å². The highest BCUT2D eigenvalue weighted by molar-refractivity contribution is 6.28. The number of anilines is 1. The van der Waals surface area contributed by atoms with Gasteiger partial charge in [0.05, 0.1) is 18.9 Å². The van der Waals surface area contributed by atoms with Gasteiger partial charge in [-0.25, -0.2) is 9.97 Å². The molecule has 1 amide bonds. The second kappa shape index (κ2) is 20.5. The highest BCUT2D eigenvalue weighted by Crippen LogP contribution is 2.28. The molecule has 226 valence electrons. The molecule has 0 bridgehead atoms. The SMILES string of the molecule is CC1COC1.CCCCCCCc1nc(Cl)nc(NCc2cccc(C(F)(F)CO)c2)c1CC.CCCNC=O. The van der Waals surface area contributed by atoms with E-state index in [0.717, 1.165) is 69.0 Å². The van der Waals surface area contributed by atoms with Crippen LogP contribution in [0.1, 0.15) is 88.6 Å². The average molecular weight is 585 g/mol. The smallest absolute Gasteiger partial charge is 0.295 e. The van der Waals surface area contributed by atoms with Gasteiger partial charge in [-0.05, 0) is 48.9 Å². The number of unbranched alkanes of at least 4 members (excludes halogenated alkanes) is 4. The molecule has 0 spiro atoms. The molecule has 1 fully saturated rings. The zero-order valence-corrected chi connectivity index (χ0v) is 25.2. The van der Waals surface area contributed by atoms with Gasteiger partial charge in [-0.1, -0.05) is 71.6 Å². The standard InChI is InChI=1S/C22H30ClF2N3O.C4H9NO.C4H8O/c1-3-5-6-7-8-12-19-18(4-2)20(28-21(23)27-19)26-14-16-10-9-11-17(13-16)22(24,25)15-29;1-2-3-5-4-6;1-4-2-5-3-4/h9-11,13,29H,3-8,12,14-15H2,1-2H3,(H,26,27,28);4H,2-3H2,1H3,(H,5,6);4H,2-3H2,1H3. The molecule has 0 aliphatic carbocycles. The lowest BCUT2D eigenvalue weighted by atomic mass is 10.0. The van der Waals surface area contributed by atoms with E-state index in [2.05, 4.69) is 34.4 Å². The molecule has 7 nitrogen and oxygen atoms in total. The molecule has 3 rings (SSSR count). The third kappa shape index (κ3) is 13.8. The van der Waals surface area contributed by atoms with Gasteiger partial charge in [-0.2, -0.15) is 8.78 Å². The fraction of sp³-hybridized carbons (Fsp3) is 0.633. The number of ether oxygens (including phenoxy) is 1. The van der Waals surface area contributed by atoms with Gasteiger partial charge in [-0.15, -0.1) is 0 Å². The predicted molar refractivity (Wildman–Crippen MR) is 158 cm³/mol. The van der Waals surface area contributed by atoms with Crippen molar-refractivity contribution in [2.24, 2.45) is 5.92 Å². The number of halogens is 3. The van der Waals surface area contributed by atoms with E-state index in [0.29, 0.717) is 24.3 Å². The van der Waals surface area contributed by atoms with Crippen molar-refractivity contribution >= 4 is 23.8 Å². The van der Waals surface area contributed by atoms with Gasteiger partial charge in [0, 0.05) is 30.1 Å². The number of amides is 1. The number of hydrogen-bond acceptors (Lipinski definition) is 6. The van der Waals surface area contributed by atoms with Crippen LogP contribution in [-0.2, 0) is 34.8 Å². The van der Waals surface area contributed by atoms with Gasteiger partial charge in [-0.3, -0.25) is 4.79 Å². The normalized spacial score (nSPS) is 12.8. The Morgan fingerprint density at radius 1 is 1.12 bits per heavy atom. The Bertz CT molecular complexity index is 978. The lowest BCUT2D eigenvalue weighted by Crippen LogP contribution is -2.23. The summed E-state index contributed by atoms with van der Waals surface area (Å²) in [7, 11) is 0. The Labute approximate surface area is 243 Å². The van der Waals surface area contributed by atoms with Crippen LogP contribution in [0.15, 0.2) is 24.3 Å². The van der Waals surface area contributed by atoms with E-state index >= 15 is 0 Å². The summed E-state index contributed by atoms with van der Waals surface area (Å²) in [4.78, 5) is 18.2. The summed E-state index contributed by atoms with van der Waals surface area (Å²) in [6.45, 7) is 10.3. The van der Waals surface area contributed by atoms with Crippen LogP contribution >= 0.6 is 11.6 Å². The maximum Gasteiger partial charge on any atom is 0.295 e. The number of aliphatic hydroxyl groups is 1. The zero-order valence-electron chi connectivity index (χ0n) is 24.4. The van der Waals surface area contributed by atoms with E-state index in [1.807, 2.05) is 13.8 Å². The van der Waals surface area contributed by atoms with E-state index in [4.69, 9.17) is 21.4 Å². The molecule has 2 heterocycles. The summed E-state index contributed by atoms with van der Waals surface area (Å²) in [5, 5.41) is 14.8. The van der Waals surface area contributed by atoms with E-state index in [1.54, 1.807) is 12.1 Å². The van der Waals surface area contributed by atoms with Crippen molar-refractivity contribution in [2.75, 3.05) is 31.7 Å². The minimum absolute atomic E-state index is 0.189. The first kappa shape index (κ1) is 35.7. The number of benzene rings is 1. The number of carbonyl (C=O) groups is 1. The molecular formula is C30H47ClF2N4O3. The Morgan fingerprint density at radius 3 is 2.35 bits per heavy atom. The van der Waals surface area contributed by atoms with E-state index in [1.165, 1.54) is 31.4 Å². The summed E-state index contributed by atoms with van der Waals surface area (Å²) in [6, 6.07) is 6.03. The average Bonchev–Trinajstić information content (AvgIpc) is 2.94. The third-order valence-corrected chi connectivity index (χ3v) is 6.40. The van der Waals surface area contributed by atoms with Crippen LogP contribution in [0.3, 0.4) is 0 Å². The molecule has 1 aromatic carbocycles. The molecule has 3 N–H and O–H groups in total. The number of nitrogens with zero attached hydrogens (tertiary/aromatic N) is 2. The van der Waals surface area contributed by atoms with E-state index in [9.17, 15) is 13.6 Å². The molecular weight excluding hydrogens is 538 g/mol. The second-order valence-electron chi connectivity index (χ2n) is 9.92. The van der Waals surface area contributed by atoms with Crippen molar-refractivity contribution < 1.29 is 23.4 Å². The van der Waals surface area contributed by atoms with Gasteiger partial charge in [0.2, 0.25) is 11.7 Å². The van der Waals surface area contributed by atoms with Crippen LogP contribution in [0.5, 0.6) is 0 Å². The molecule has 1 aliphatic heterocycles. The van der Waals surface area contributed by atoms with E-state index in [-0.39, 0.29) is 10.8 Å². The van der Waals surface area contributed by atoms with Gasteiger partial charge in [0.15, 0.2) is 0 Å². The highest BCUT2D eigenvalue weighted by atomic mass is 35.5. The summed E-state index contributed by atoms with van der Waals surface area (Å²) >= 11 is 6.14. The summed E-state index contributed by atoms with van der Waals surface area (Å²) in [6.07, 6.45) is 9.21. The molecule has 40 heavy (non-hydrogen) atoms. The summed E-state index contributed by atoms with van der Waals surface area (Å²) in [5.41, 5.74) is 2.44. The lowest BCUT2D eigenvalue weighted by Gasteiger charge is -2.20. The fourth-order valence-corrected chi connectivity index (χ4v) is 4.05. The summed E-state index contributed by atoms with van der Waals surface area (Å²) in [5.74, 6) is -1.77. The molecule has 0 radical (unpaired) electrons. The topological polar surface area (TPSA) is 96.4 Å². The summed E-state index contributed by atoms with van der Waals surface area (Å²) < 4.78 is 32.3. The van der Waals surface area contributed by atoms with Crippen molar-refractivity contribution in [1.29, 1.82) is 0 Å². The molecule has 0 atom stereocenters. The molecule has 2 aromatic rings. The van der Waals surface area contributed by atoms with Crippen molar-refractivity contribution in [3.8, 4) is 0 Å². The number of carbonyl (C=O) groups excluding carboxylic acids is 1. The molecule has 0 saturated carbocycles. The van der Waals surface area contributed by atoms with Crippen LogP contribution < -0.4 is 10.6 Å². The monoisotopic (exact) mass is 584 g/mol. The van der Waals surface area contributed by atoms with Crippen LogP contribution in [0.2, 0.25) is 5.28 Å². The van der Waals surface area contributed by atoms with E-state index < -0.39 is 12.5 Å². The number of rotatable bonds is 15. The van der Waals surface area contributed by atoms with Crippen molar-refractivity contribution in [3.63, 3.8) is 0 Å². The molecule has 1 aliphatic rings. The Morgan fingerprint density at radius 2 is 1.82 bits per heavy atom. The minimum Gasteiger partial charge on any atom is -0.390 e. The van der Waals surface area contributed by atoms with Crippen LogP contribution in [0, 0.1) is 5.92 Å². The molecule has 1 aromatic heterocycles.